The summed E-state index contributed by atoms with van der Waals surface area (Å²) in [5, 5.41) is 4.32. The second kappa shape index (κ2) is 6.08. The first kappa shape index (κ1) is 14.3. The summed E-state index contributed by atoms with van der Waals surface area (Å²) in [4.78, 5) is 15.9. The summed E-state index contributed by atoms with van der Waals surface area (Å²) in [6, 6.07) is 16.3. The molecule has 4 aromatic rings. The zero-order valence-electron chi connectivity index (χ0n) is 12.7. The molecule has 0 saturated heterocycles. The van der Waals surface area contributed by atoms with Crippen LogP contribution in [0.4, 0.5) is 10.3 Å². The quantitative estimate of drug-likeness (QED) is 0.601. The molecule has 4 rings (SSSR count). The number of nitrogens with zero attached hydrogens (tertiary/aromatic N) is 3. The molecule has 0 aliphatic rings. The van der Waals surface area contributed by atoms with E-state index in [0.717, 1.165) is 16.6 Å². The third kappa shape index (κ3) is 2.94. The van der Waals surface area contributed by atoms with Crippen molar-refractivity contribution in [3.63, 3.8) is 0 Å². The third-order valence-electron chi connectivity index (χ3n) is 3.68. The number of benzene rings is 2. The average molecular weight is 319 g/mol. The zero-order valence-corrected chi connectivity index (χ0v) is 12.7. The Morgan fingerprint density at radius 1 is 1.00 bits per heavy atom. The van der Waals surface area contributed by atoms with E-state index in [0.29, 0.717) is 23.9 Å². The van der Waals surface area contributed by atoms with Gasteiger partial charge in [-0.1, -0.05) is 30.3 Å². The van der Waals surface area contributed by atoms with Gasteiger partial charge in [-0.3, -0.25) is 0 Å². The number of aromatic nitrogens is 4. The van der Waals surface area contributed by atoms with Crippen molar-refractivity contribution in [1.29, 1.82) is 0 Å². The first-order valence-electron chi connectivity index (χ1n) is 7.53. The summed E-state index contributed by atoms with van der Waals surface area (Å²) in [7, 11) is 0. The largest absolute Gasteiger partial charge is 0.357 e. The Kier molecular flexibility index (Phi) is 3.63. The van der Waals surface area contributed by atoms with Crippen molar-refractivity contribution in [2.45, 2.75) is 6.54 Å². The summed E-state index contributed by atoms with van der Waals surface area (Å²) in [5.74, 6) is 0.562. The molecule has 118 valence electrons. The van der Waals surface area contributed by atoms with Crippen LogP contribution in [-0.2, 0) is 6.54 Å². The number of halogens is 1. The van der Waals surface area contributed by atoms with Crippen molar-refractivity contribution >= 4 is 16.9 Å². The maximum atomic E-state index is 13.3. The van der Waals surface area contributed by atoms with Crippen LogP contribution in [0.2, 0.25) is 0 Å². The summed E-state index contributed by atoms with van der Waals surface area (Å²) in [5.41, 5.74) is 2.74. The van der Waals surface area contributed by atoms with Gasteiger partial charge in [0.2, 0.25) is 5.95 Å². The van der Waals surface area contributed by atoms with Gasteiger partial charge in [0, 0.05) is 16.8 Å². The molecule has 2 aromatic heterocycles. The van der Waals surface area contributed by atoms with Crippen LogP contribution in [0, 0.1) is 5.82 Å². The Bertz CT molecular complexity index is 962. The van der Waals surface area contributed by atoms with E-state index in [1.54, 1.807) is 12.1 Å². The van der Waals surface area contributed by atoms with Crippen LogP contribution in [0.15, 0.2) is 60.9 Å². The van der Waals surface area contributed by atoms with E-state index in [9.17, 15) is 4.39 Å². The maximum absolute atomic E-state index is 13.3. The Hall–Kier alpha value is -3.28. The molecule has 24 heavy (non-hydrogen) atoms. The number of hydrogen-bond acceptors (Lipinski definition) is 4. The van der Waals surface area contributed by atoms with Gasteiger partial charge < -0.3 is 10.3 Å². The van der Waals surface area contributed by atoms with Crippen molar-refractivity contribution in [1.82, 2.24) is 19.9 Å². The smallest absolute Gasteiger partial charge is 0.226 e. The van der Waals surface area contributed by atoms with E-state index in [1.807, 2.05) is 18.2 Å². The first-order valence-corrected chi connectivity index (χ1v) is 7.53. The second-order valence-corrected chi connectivity index (χ2v) is 5.38. The van der Waals surface area contributed by atoms with E-state index >= 15 is 0 Å². The molecule has 2 aromatic carbocycles. The minimum atomic E-state index is -0.319. The fraction of sp³-hybridized carbons (Fsp3) is 0.0556. The summed E-state index contributed by atoms with van der Waals surface area (Å²) < 4.78 is 13.3. The molecule has 2 heterocycles. The molecule has 2 N–H and O–H groups in total. The van der Waals surface area contributed by atoms with Crippen molar-refractivity contribution in [3.8, 4) is 11.4 Å². The van der Waals surface area contributed by atoms with Crippen LogP contribution >= 0.6 is 0 Å². The highest BCUT2D eigenvalue weighted by atomic mass is 19.1. The molecule has 0 saturated carbocycles. The van der Waals surface area contributed by atoms with Crippen LogP contribution in [0.5, 0.6) is 0 Å². The second-order valence-electron chi connectivity index (χ2n) is 5.38. The van der Waals surface area contributed by atoms with Gasteiger partial charge in [0.25, 0.3) is 0 Å². The molecule has 0 fully saturated rings. The fourth-order valence-electron chi connectivity index (χ4n) is 2.55. The average Bonchev–Trinajstić information content (AvgIpc) is 3.03. The van der Waals surface area contributed by atoms with Gasteiger partial charge in [0.1, 0.15) is 12.1 Å². The predicted molar refractivity (Wildman–Crippen MR) is 90.8 cm³/mol. The lowest BCUT2D eigenvalue weighted by Crippen LogP contribution is -2.05. The predicted octanol–water partition coefficient (Wildman–Crippen LogP) is 3.77. The van der Waals surface area contributed by atoms with E-state index < -0.39 is 0 Å². The Balaban J connectivity index is 1.53. The fourth-order valence-corrected chi connectivity index (χ4v) is 2.55. The van der Waals surface area contributed by atoms with Crippen LogP contribution in [0.25, 0.3) is 22.3 Å². The normalized spacial score (nSPS) is 10.9. The standard InChI is InChI=1S/C18H14FN5/c19-14-6-3-5-13(8-14)17-21-11-22-18(24-17)20-10-15-9-12-4-1-2-7-16(12)23-15/h1-9,11,23H,10H2,(H,20,21,22,24). The maximum Gasteiger partial charge on any atom is 0.226 e. The number of anilines is 1. The summed E-state index contributed by atoms with van der Waals surface area (Å²) in [6.07, 6.45) is 1.42. The van der Waals surface area contributed by atoms with Crippen LogP contribution in [0.1, 0.15) is 5.69 Å². The van der Waals surface area contributed by atoms with Gasteiger partial charge >= 0.3 is 0 Å². The molecule has 0 amide bonds. The SMILES string of the molecule is Fc1cccc(-c2ncnc(NCc3cc4ccccc4[nH]3)n2)c1. The Morgan fingerprint density at radius 2 is 1.92 bits per heavy atom. The number of fused-ring (bicyclic) bond motifs is 1. The third-order valence-corrected chi connectivity index (χ3v) is 3.68. The highest BCUT2D eigenvalue weighted by Crippen LogP contribution is 2.17. The monoisotopic (exact) mass is 319 g/mol. The number of rotatable bonds is 4. The number of H-pyrrole nitrogens is 1. The molecule has 0 aliphatic carbocycles. The van der Waals surface area contributed by atoms with Gasteiger partial charge in [-0.25, -0.2) is 14.4 Å². The van der Waals surface area contributed by atoms with E-state index in [-0.39, 0.29) is 5.82 Å². The van der Waals surface area contributed by atoms with E-state index in [4.69, 9.17) is 0 Å². The number of para-hydroxylation sites is 1. The van der Waals surface area contributed by atoms with E-state index in [2.05, 4.69) is 37.4 Å². The first-order chi connectivity index (χ1) is 11.8. The van der Waals surface area contributed by atoms with Crippen molar-refractivity contribution < 1.29 is 4.39 Å². The molecular formula is C18H14FN5. The molecule has 0 radical (unpaired) electrons. The molecular weight excluding hydrogens is 305 g/mol. The van der Waals surface area contributed by atoms with Crippen LogP contribution < -0.4 is 5.32 Å². The van der Waals surface area contributed by atoms with Gasteiger partial charge in [0.05, 0.1) is 6.54 Å². The topological polar surface area (TPSA) is 66.5 Å². The Labute approximate surface area is 137 Å². The molecule has 0 aliphatic heterocycles. The molecule has 0 spiro atoms. The summed E-state index contributed by atoms with van der Waals surface area (Å²) in [6.45, 7) is 0.557. The number of aromatic amines is 1. The molecule has 0 bridgehead atoms. The van der Waals surface area contributed by atoms with Crippen molar-refractivity contribution in [3.05, 3.63) is 72.4 Å². The minimum Gasteiger partial charge on any atom is -0.357 e. The van der Waals surface area contributed by atoms with Gasteiger partial charge in [-0.05, 0) is 29.7 Å². The molecule has 0 atom stereocenters. The van der Waals surface area contributed by atoms with Gasteiger partial charge in [-0.2, -0.15) is 4.98 Å². The molecule has 6 heteroatoms. The molecule has 0 unspecified atom stereocenters. The van der Waals surface area contributed by atoms with Crippen LogP contribution in [-0.4, -0.2) is 19.9 Å². The van der Waals surface area contributed by atoms with Crippen molar-refractivity contribution in [2.24, 2.45) is 0 Å². The minimum absolute atomic E-state index is 0.319. The lowest BCUT2D eigenvalue weighted by atomic mass is 10.2. The molecule has 5 nitrogen and oxygen atoms in total. The lowest BCUT2D eigenvalue weighted by Gasteiger charge is -2.05. The van der Waals surface area contributed by atoms with Gasteiger partial charge in [-0.15, -0.1) is 0 Å². The van der Waals surface area contributed by atoms with Gasteiger partial charge in [0.15, 0.2) is 5.82 Å². The zero-order chi connectivity index (χ0) is 16.4. The number of nitrogens with one attached hydrogen (secondary N) is 2. The Morgan fingerprint density at radius 3 is 2.79 bits per heavy atom. The summed E-state index contributed by atoms with van der Waals surface area (Å²) >= 11 is 0. The highest BCUT2D eigenvalue weighted by Gasteiger charge is 2.06. The lowest BCUT2D eigenvalue weighted by molar-refractivity contribution is 0.628. The number of hydrogen-bond donors (Lipinski definition) is 2. The van der Waals surface area contributed by atoms with Crippen molar-refractivity contribution in [2.75, 3.05) is 5.32 Å². The van der Waals surface area contributed by atoms with E-state index in [1.165, 1.54) is 18.5 Å². The highest BCUT2D eigenvalue weighted by molar-refractivity contribution is 5.80. The van der Waals surface area contributed by atoms with Crippen LogP contribution in [0.3, 0.4) is 0 Å².